The molecule has 0 saturated carbocycles. The standard InChI is InChI=1S/C7H11F3O/c1-2-7(10)4-3-6(8,9)5-11-7/h2-5H2,1H3. The number of rotatable bonds is 1. The van der Waals surface area contributed by atoms with Crippen LogP contribution in [0.3, 0.4) is 0 Å². The Hall–Kier alpha value is -0.250. The van der Waals surface area contributed by atoms with E-state index in [4.69, 9.17) is 0 Å². The van der Waals surface area contributed by atoms with Gasteiger partial charge in [0.2, 0.25) is 5.85 Å². The first-order valence-corrected chi connectivity index (χ1v) is 3.68. The summed E-state index contributed by atoms with van der Waals surface area (Å²) in [4.78, 5) is 0. The van der Waals surface area contributed by atoms with Crippen LogP contribution in [0, 0.1) is 0 Å². The third-order valence-corrected chi connectivity index (χ3v) is 1.93. The third kappa shape index (κ3) is 2.09. The highest BCUT2D eigenvalue weighted by Crippen LogP contribution is 2.36. The zero-order valence-corrected chi connectivity index (χ0v) is 6.37. The molecule has 0 amide bonds. The summed E-state index contributed by atoms with van der Waals surface area (Å²) >= 11 is 0. The maximum absolute atomic E-state index is 13.1. The average molecular weight is 168 g/mol. The fraction of sp³-hybridized carbons (Fsp3) is 1.00. The van der Waals surface area contributed by atoms with E-state index in [-0.39, 0.29) is 12.8 Å². The molecule has 1 aliphatic heterocycles. The molecule has 1 aliphatic rings. The lowest BCUT2D eigenvalue weighted by atomic mass is 10.0. The zero-order valence-electron chi connectivity index (χ0n) is 6.37. The van der Waals surface area contributed by atoms with Crippen LogP contribution in [-0.2, 0) is 4.74 Å². The molecule has 0 spiro atoms. The van der Waals surface area contributed by atoms with E-state index in [0.29, 0.717) is 0 Å². The minimum absolute atomic E-state index is 0.142. The van der Waals surface area contributed by atoms with Gasteiger partial charge in [-0.15, -0.1) is 0 Å². The second-order valence-corrected chi connectivity index (χ2v) is 2.88. The van der Waals surface area contributed by atoms with E-state index in [2.05, 4.69) is 4.74 Å². The Balaban J connectivity index is 2.48. The van der Waals surface area contributed by atoms with E-state index in [1.807, 2.05) is 0 Å². The summed E-state index contributed by atoms with van der Waals surface area (Å²) in [6, 6.07) is 0. The van der Waals surface area contributed by atoms with Gasteiger partial charge in [-0.2, -0.15) is 0 Å². The van der Waals surface area contributed by atoms with Crippen molar-refractivity contribution in [3.05, 3.63) is 0 Å². The van der Waals surface area contributed by atoms with Gasteiger partial charge in [0.25, 0.3) is 5.92 Å². The molecule has 1 fully saturated rings. The molecule has 1 heterocycles. The summed E-state index contributed by atoms with van der Waals surface area (Å²) in [7, 11) is 0. The van der Waals surface area contributed by atoms with E-state index in [0.717, 1.165) is 0 Å². The van der Waals surface area contributed by atoms with Crippen molar-refractivity contribution in [1.29, 1.82) is 0 Å². The highest BCUT2D eigenvalue weighted by atomic mass is 19.3. The number of hydrogen-bond donors (Lipinski definition) is 0. The predicted octanol–water partition coefficient (Wildman–Crippen LogP) is 2.51. The number of halogens is 3. The SMILES string of the molecule is CCC1(F)CCC(F)(F)CO1. The van der Waals surface area contributed by atoms with Crippen molar-refractivity contribution in [3.63, 3.8) is 0 Å². The van der Waals surface area contributed by atoms with Gasteiger partial charge in [0, 0.05) is 19.3 Å². The lowest BCUT2D eigenvalue weighted by Gasteiger charge is -2.33. The average Bonchev–Trinajstić information content (AvgIpc) is 1.97. The van der Waals surface area contributed by atoms with E-state index < -0.39 is 24.8 Å². The third-order valence-electron chi connectivity index (χ3n) is 1.93. The summed E-state index contributed by atoms with van der Waals surface area (Å²) in [5, 5.41) is 0. The fourth-order valence-corrected chi connectivity index (χ4v) is 1.03. The molecule has 0 aromatic rings. The Kier molecular flexibility index (Phi) is 2.14. The molecule has 4 heteroatoms. The van der Waals surface area contributed by atoms with Gasteiger partial charge >= 0.3 is 0 Å². The smallest absolute Gasteiger partial charge is 0.271 e. The summed E-state index contributed by atoms with van der Waals surface area (Å²) in [5.74, 6) is -4.63. The van der Waals surface area contributed by atoms with Crippen LogP contribution in [-0.4, -0.2) is 18.4 Å². The Labute approximate surface area is 63.5 Å². The highest BCUT2D eigenvalue weighted by Gasteiger charge is 2.43. The van der Waals surface area contributed by atoms with E-state index in [1.165, 1.54) is 0 Å². The van der Waals surface area contributed by atoms with E-state index in [9.17, 15) is 13.2 Å². The van der Waals surface area contributed by atoms with Gasteiger partial charge in [0.1, 0.15) is 6.61 Å². The summed E-state index contributed by atoms with van der Waals surface area (Å²) in [5.41, 5.74) is 0. The molecule has 1 saturated heterocycles. The normalized spacial score (nSPS) is 37.1. The van der Waals surface area contributed by atoms with Crippen LogP contribution in [0.25, 0.3) is 0 Å². The number of hydrogen-bond acceptors (Lipinski definition) is 1. The quantitative estimate of drug-likeness (QED) is 0.584. The molecule has 11 heavy (non-hydrogen) atoms. The fourth-order valence-electron chi connectivity index (χ4n) is 1.03. The van der Waals surface area contributed by atoms with E-state index in [1.54, 1.807) is 6.92 Å². The molecule has 0 aliphatic carbocycles. The molecule has 1 unspecified atom stereocenters. The van der Waals surface area contributed by atoms with Gasteiger partial charge in [-0.3, -0.25) is 0 Å². The maximum Gasteiger partial charge on any atom is 0.271 e. The van der Waals surface area contributed by atoms with Gasteiger partial charge in [-0.05, 0) is 0 Å². The molecule has 1 nitrogen and oxygen atoms in total. The van der Waals surface area contributed by atoms with Gasteiger partial charge in [-0.1, -0.05) is 6.92 Å². The zero-order chi connectivity index (χ0) is 8.54. The summed E-state index contributed by atoms with van der Waals surface area (Å²) in [6.07, 6.45) is -0.461. The summed E-state index contributed by atoms with van der Waals surface area (Å²) in [6.45, 7) is 0.806. The van der Waals surface area contributed by atoms with Crippen molar-refractivity contribution in [2.24, 2.45) is 0 Å². The van der Waals surface area contributed by atoms with Crippen molar-refractivity contribution < 1.29 is 17.9 Å². The van der Waals surface area contributed by atoms with Crippen molar-refractivity contribution in [2.45, 2.75) is 38.0 Å². The van der Waals surface area contributed by atoms with Gasteiger partial charge in [-0.25, -0.2) is 13.2 Å². The minimum Gasteiger partial charge on any atom is -0.339 e. The largest absolute Gasteiger partial charge is 0.339 e. The highest BCUT2D eigenvalue weighted by molar-refractivity contribution is 4.79. The lowest BCUT2D eigenvalue weighted by Crippen LogP contribution is -2.40. The van der Waals surface area contributed by atoms with E-state index >= 15 is 0 Å². The molecular weight excluding hydrogens is 157 g/mol. The monoisotopic (exact) mass is 168 g/mol. The topological polar surface area (TPSA) is 9.23 Å². The van der Waals surface area contributed by atoms with Crippen LogP contribution in [0.5, 0.6) is 0 Å². The molecule has 0 aromatic heterocycles. The van der Waals surface area contributed by atoms with Crippen LogP contribution in [0.1, 0.15) is 26.2 Å². The Morgan fingerprint density at radius 1 is 1.27 bits per heavy atom. The van der Waals surface area contributed by atoms with Crippen molar-refractivity contribution >= 4 is 0 Å². The van der Waals surface area contributed by atoms with Gasteiger partial charge < -0.3 is 4.74 Å². The molecule has 1 atom stereocenters. The van der Waals surface area contributed by atoms with Crippen LogP contribution in [0.15, 0.2) is 0 Å². The lowest BCUT2D eigenvalue weighted by molar-refractivity contribution is -0.240. The number of alkyl halides is 3. The van der Waals surface area contributed by atoms with Crippen molar-refractivity contribution in [1.82, 2.24) is 0 Å². The number of ether oxygens (including phenoxy) is 1. The first kappa shape index (κ1) is 8.84. The molecule has 0 aromatic carbocycles. The molecule has 66 valence electrons. The Morgan fingerprint density at radius 3 is 2.27 bits per heavy atom. The van der Waals surface area contributed by atoms with Crippen molar-refractivity contribution in [2.75, 3.05) is 6.61 Å². The summed E-state index contributed by atoms with van der Waals surface area (Å²) < 4.78 is 42.3. The molecular formula is C7H11F3O. The molecule has 0 N–H and O–H groups in total. The van der Waals surface area contributed by atoms with Gasteiger partial charge in [0.15, 0.2) is 0 Å². The van der Waals surface area contributed by atoms with Crippen LogP contribution in [0.4, 0.5) is 13.2 Å². The van der Waals surface area contributed by atoms with Gasteiger partial charge in [0.05, 0.1) is 0 Å². The predicted molar refractivity (Wildman–Crippen MR) is 34.3 cm³/mol. The Bertz CT molecular complexity index is 137. The Morgan fingerprint density at radius 2 is 1.91 bits per heavy atom. The first-order chi connectivity index (χ1) is 4.97. The van der Waals surface area contributed by atoms with Crippen molar-refractivity contribution in [3.8, 4) is 0 Å². The molecule has 0 radical (unpaired) electrons. The first-order valence-electron chi connectivity index (χ1n) is 3.68. The minimum atomic E-state index is -2.83. The molecule has 1 rings (SSSR count). The second-order valence-electron chi connectivity index (χ2n) is 2.88. The maximum atomic E-state index is 13.1. The second kappa shape index (κ2) is 2.66. The van der Waals surface area contributed by atoms with Crippen LogP contribution in [0.2, 0.25) is 0 Å². The van der Waals surface area contributed by atoms with Crippen LogP contribution >= 0.6 is 0 Å². The molecule has 0 bridgehead atoms. The van der Waals surface area contributed by atoms with Crippen LogP contribution < -0.4 is 0 Å².